The lowest BCUT2D eigenvalue weighted by atomic mass is 10.2. The Morgan fingerprint density at radius 3 is 2.64 bits per heavy atom. The fraction of sp³-hybridized carbons (Fsp3) is 0.714. The third-order valence-electron chi connectivity index (χ3n) is 1.31. The highest BCUT2D eigenvalue weighted by molar-refractivity contribution is 4.74. The average molecular weight is 160 g/mol. The van der Waals surface area contributed by atoms with Gasteiger partial charge in [0.05, 0.1) is 25.9 Å². The van der Waals surface area contributed by atoms with Crippen molar-refractivity contribution in [3.05, 3.63) is 12.7 Å². The van der Waals surface area contributed by atoms with Crippen molar-refractivity contribution in [2.75, 3.05) is 19.8 Å². The van der Waals surface area contributed by atoms with E-state index in [1.54, 1.807) is 0 Å². The molecule has 0 radical (unpaired) electrons. The van der Waals surface area contributed by atoms with Gasteiger partial charge in [0.25, 0.3) is 0 Å². The molecule has 0 aromatic rings. The molecule has 0 bridgehead atoms. The Morgan fingerprint density at radius 2 is 2.18 bits per heavy atom. The smallest absolute Gasteiger partial charge is 0.0843 e. The minimum atomic E-state index is 0.260. The highest BCUT2D eigenvalue weighted by Gasteiger charge is 2.11. The molecule has 0 amide bonds. The maximum absolute atomic E-state index is 5.32. The summed E-state index contributed by atoms with van der Waals surface area (Å²) in [5, 5.41) is 0. The molecule has 0 saturated carbocycles. The zero-order valence-electron chi connectivity index (χ0n) is 6.66. The Bertz CT molecular complexity index is 92.4. The lowest BCUT2D eigenvalue weighted by molar-refractivity contribution is -0.0861. The van der Waals surface area contributed by atoms with Crippen molar-refractivity contribution in [3.63, 3.8) is 0 Å². The Morgan fingerprint density at radius 1 is 1.45 bits per heavy atom. The second-order valence-corrected chi connectivity index (χ2v) is 2.09. The van der Waals surface area contributed by atoms with Gasteiger partial charge in [0.15, 0.2) is 0 Å². The number of hydrogen-bond acceptors (Lipinski definition) is 4. The van der Waals surface area contributed by atoms with E-state index in [2.05, 4.69) is 18.3 Å². The van der Waals surface area contributed by atoms with Gasteiger partial charge in [-0.15, -0.1) is 6.58 Å². The van der Waals surface area contributed by atoms with Crippen molar-refractivity contribution in [2.24, 2.45) is 11.7 Å². The van der Waals surface area contributed by atoms with Crippen LogP contribution in [0.25, 0.3) is 0 Å². The molecule has 1 fully saturated rings. The van der Waals surface area contributed by atoms with Gasteiger partial charge in [-0.1, -0.05) is 6.08 Å². The van der Waals surface area contributed by atoms with Crippen LogP contribution in [0, 0.1) is 0 Å². The summed E-state index contributed by atoms with van der Waals surface area (Å²) in [6.07, 6.45) is 3.02. The lowest BCUT2D eigenvalue weighted by Crippen LogP contribution is -2.27. The Hall–Kier alpha value is -0.420. The van der Waals surface area contributed by atoms with Crippen LogP contribution in [-0.4, -0.2) is 25.9 Å². The molecule has 0 aliphatic carbocycles. The van der Waals surface area contributed by atoms with Crippen molar-refractivity contribution < 1.29 is 9.47 Å². The monoisotopic (exact) mass is 160 g/mol. The molecule has 1 aliphatic rings. The van der Waals surface area contributed by atoms with Crippen molar-refractivity contribution in [1.82, 2.24) is 0 Å². The van der Waals surface area contributed by atoms with Crippen LogP contribution in [0.15, 0.2) is 12.7 Å². The average Bonchev–Trinajstić information content (AvgIpc) is 2.11. The first kappa shape index (κ1) is 10.6. The topological polar surface area (TPSA) is 70.5 Å². The van der Waals surface area contributed by atoms with Crippen molar-refractivity contribution in [2.45, 2.75) is 12.5 Å². The minimum absolute atomic E-state index is 0.260. The molecule has 4 N–H and O–H groups in total. The van der Waals surface area contributed by atoms with Gasteiger partial charge < -0.3 is 9.47 Å². The molecule has 4 nitrogen and oxygen atoms in total. The number of hydrogen-bond donors (Lipinski definition) is 2. The third kappa shape index (κ3) is 4.92. The van der Waals surface area contributed by atoms with Gasteiger partial charge >= 0.3 is 0 Å². The van der Waals surface area contributed by atoms with Crippen LogP contribution in [0.1, 0.15) is 6.42 Å². The van der Waals surface area contributed by atoms with Crippen molar-refractivity contribution in [1.29, 1.82) is 0 Å². The molecule has 1 saturated heterocycles. The second kappa shape index (κ2) is 7.68. The van der Waals surface area contributed by atoms with Gasteiger partial charge in [-0.05, 0) is 6.42 Å². The quantitative estimate of drug-likeness (QED) is 0.333. The first-order valence-electron chi connectivity index (χ1n) is 3.57. The summed E-state index contributed by atoms with van der Waals surface area (Å²) in [6, 6.07) is 0. The van der Waals surface area contributed by atoms with Crippen molar-refractivity contribution >= 4 is 0 Å². The maximum Gasteiger partial charge on any atom is 0.0843 e. The first-order valence-corrected chi connectivity index (χ1v) is 3.57. The van der Waals surface area contributed by atoms with Crippen LogP contribution in [0.5, 0.6) is 0 Å². The SMILES string of the molecule is C=CCC1COCCO1.NN. The third-order valence-corrected chi connectivity index (χ3v) is 1.31. The van der Waals surface area contributed by atoms with Crippen LogP contribution < -0.4 is 11.7 Å². The first-order chi connectivity index (χ1) is 5.43. The molecule has 1 rings (SSSR count). The van der Waals surface area contributed by atoms with E-state index in [9.17, 15) is 0 Å². The molecule has 0 spiro atoms. The van der Waals surface area contributed by atoms with E-state index in [1.807, 2.05) is 6.08 Å². The summed E-state index contributed by atoms with van der Waals surface area (Å²) in [5.41, 5.74) is 0. The molecule has 4 heteroatoms. The number of hydrazine groups is 1. The van der Waals surface area contributed by atoms with E-state index in [1.165, 1.54) is 0 Å². The molecular weight excluding hydrogens is 144 g/mol. The molecule has 1 aliphatic heterocycles. The van der Waals surface area contributed by atoms with Gasteiger partial charge in [0, 0.05) is 0 Å². The zero-order valence-corrected chi connectivity index (χ0v) is 6.66. The van der Waals surface area contributed by atoms with Crippen LogP contribution >= 0.6 is 0 Å². The Kier molecular flexibility index (Phi) is 7.39. The van der Waals surface area contributed by atoms with E-state index in [-0.39, 0.29) is 6.10 Å². The molecule has 11 heavy (non-hydrogen) atoms. The molecule has 1 unspecified atom stereocenters. The molecule has 1 heterocycles. The van der Waals surface area contributed by atoms with Gasteiger partial charge in [-0.3, -0.25) is 11.7 Å². The molecule has 1 atom stereocenters. The number of ether oxygens (including phenoxy) is 2. The van der Waals surface area contributed by atoms with Crippen LogP contribution in [0.3, 0.4) is 0 Å². The highest BCUT2D eigenvalue weighted by Crippen LogP contribution is 2.04. The maximum atomic E-state index is 5.32. The number of nitrogens with two attached hydrogens (primary N) is 2. The molecular formula is C7H16N2O2. The van der Waals surface area contributed by atoms with Crippen LogP contribution in [0.4, 0.5) is 0 Å². The molecule has 66 valence electrons. The summed E-state index contributed by atoms with van der Waals surface area (Å²) >= 11 is 0. The molecule has 0 aromatic carbocycles. The van der Waals surface area contributed by atoms with E-state index in [0.29, 0.717) is 0 Å². The fourth-order valence-corrected chi connectivity index (χ4v) is 0.859. The van der Waals surface area contributed by atoms with Gasteiger partial charge in [0.2, 0.25) is 0 Å². The van der Waals surface area contributed by atoms with Crippen molar-refractivity contribution in [3.8, 4) is 0 Å². The summed E-state index contributed by atoms with van der Waals surface area (Å²) in [5.74, 6) is 8.00. The summed E-state index contributed by atoms with van der Waals surface area (Å²) in [4.78, 5) is 0. The van der Waals surface area contributed by atoms with E-state index >= 15 is 0 Å². The lowest BCUT2D eigenvalue weighted by Gasteiger charge is -2.21. The predicted molar refractivity (Wildman–Crippen MR) is 43.7 cm³/mol. The summed E-state index contributed by atoms with van der Waals surface area (Å²) in [7, 11) is 0. The molecule has 0 aromatic heterocycles. The zero-order chi connectivity index (χ0) is 8.53. The standard InChI is InChI=1S/C7H12O2.H4N2/c1-2-3-7-6-8-4-5-9-7;1-2/h2,7H,1,3-6H2;1-2H2. The predicted octanol–water partition coefficient (Wildman–Crippen LogP) is -0.203. The summed E-state index contributed by atoms with van der Waals surface area (Å²) < 4.78 is 10.5. The van der Waals surface area contributed by atoms with E-state index in [4.69, 9.17) is 9.47 Å². The van der Waals surface area contributed by atoms with Gasteiger partial charge in [0.1, 0.15) is 0 Å². The normalized spacial score (nSPS) is 23.3. The van der Waals surface area contributed by atoms with E-state index in [0.717, 1.165) is 26.2 Å². The fourth-order valence-electron chi connectivity index (χ4n) is 0.859. The minimum Gasteiger partial charge on any atom is -0.376 e. The highest BCUT2D eigenvalue weighted by atomic mass is 16.6. The second-order valence-electron chi connectivity index (χ2n) is 2.09. The Balaban J connectivity index is 0.000000461. The van der Waals surface area contributed by atoms with Gasteiger partial charge in [-0.25, -0.2) is 0 Å². The van der Waals surface area contributed by atoms with Gasteiger partial charge in [-0.2, -0.15) is 0 Å². The summed E-state index contributed by atoms with van der Waals surface area (Å²) in [6.45, 7) is 5.83. The van der Waals surface area contributed by atoms with Crippen LogP contribution in [-0.2, 0) is 9.47 Å². The number of rotatable bonds is 2. The Labute approximate surface area is 67.1 Å². The van der Waals surface area contributed by atoms with E-state index < -0.39 is 0 Å². The largest absolute Gasteiger partial charge is 0.376 e. The van der Waals surface area contributed by atoms with Crippen LogP contribution in [0.2, 0.25) is 0 Å².